The standard InChI is InChI=1S/C31H24BrClFN3O3S/c1-19-6-11-23(17-26(19)33)35-29(38)18-41-24-14-12-22(13-15-24)36-31(40)28(16-20-7-9-21(32)10-8-20)37-30(39)25-4-2-3-5-27(25)34/h2-17H,18H2,1H3,(H,35,38)(H,36,40)(H,37,39). The number of benzene rings is 4. The van der Waals surface area contributed by atoms with E-state index in [1.165, 1.54) is 42.1 Å². The van der Waals surface area contributed by atoms with Crippen molar-refractivity contribution >= 4 is 74.5 Å². The smallest absolute Gasteiger partial charge is 0.272 e. The highest BCUT2D eigenvalue weighted by Gasteiger charge is 2.17. The molecule has 0 spiro atoms. The molecule has 4 aromatic rings. The summed E-state index contributed by atoms with van der Waals surface area (Å²) in [7, 11) is 0. The Morgan fingerprint density at radius 1 is 0.902 bits per heavy atom. The number of thioether (sulfide) groups is 1. The monoisotopic (exact) mass is 651 g/mol. The van der Waals surface area contributed by atoms with Crippen LogP contribution < -0.4 is 16.0 Å². The average Bonchev–Trinajstić information content (AvgIpc) is 2.95. The third-order valence-corrected chi connectivity index (χ3v) is 7.68. The predicted molar refractivity (Wildman–Crippen MR) is 167 cm³/mol. The lowest BCUT2D eigenvalue weighted by Gasteiger charge is -2.12. The highest BCUT2D eigenvalue weighted by atomic mass is 79.9. The zero-order chi connectivity index (χ0) is 29.4. The molecule has 0 atom stereocenters. The number of anilines is 2. The fraction of sp³-hybridized carbons (Fsp3) is 0.0645. The van der Waals surface area contributed by atoms with Crippen molar-refractivity contribution in [1.82, 2.24) is 5.32 Å². The first kappa shape index (κ1) is 30.0. The van der Waals surface area contributed by atoms with E-state index in [0.29, 0.717) is 22.0 Å². The van der Waals surface area contributed by atoms with Crippen LogP contribution in [0.25, 0.3) is 6.08 Å². The molecule has 0 aromatic heterocycles. The predicted octanol–water partition coefficient (Wildman–Crippen LogP) is 7.69. The van der Waals surface area contributed by atoms with Crippen molar-refractivity contribution in [2.24, 2.45) is 0 Å². The summed E-state index contributed by atoms with van der Waals surface area (Å²) in [6.07, 6.45) is 1.50. The summed E-state index contributed by atoms with van der Waals surface area (Å²) in [5, 5.41) is 8.68. The Balaban J connectivity index is 1.41. The lowest BCUT2D eigenvalue weighted by Crippen LogP contribution is -2.31. The van der Waals surface area contributed by atoms with Gasteiger partial charge in [-0.3, -0.25) is 14.4 Å². The minimum absolute atomic E-state index is 0.0630. The second kappa shape index (κ2) is 14.1. The molecule has 3 amide bonds. The first-order valence-corrected chi connectivity index (χ1v) is 14.5. The van der Waals surface area contributed by atoms with Gasteiger partial charge in [-0.25, -0.2) is 4.39 Å². The highest BCUT2D eigenvalue weighted by Crippen LogP contribution is 2.23. The van der Waals surface area contributed by atoms with Crippen molar-refractivity contribution in [2.45, 2.75) is 11.8 Å². The third-order valence-electron chi connectivity index (χ3n) is 5.73. The van der Waals surface area contributed by atoms with E-state index in [0.717, 1.165) is 14.9 Å². The summed E-state index contributed by atoms with van der Waals surface area (Å²) in [4.78, 5) is 39.1. The van der Waals surface area contributed by atoms with Crippen LogP contribution in [0.2, 0.25) is 5.02 Å². The molecule has 0 aliphatic rings. The van der Waals surface area contributed by atoms with E-state index in [-0.39, 0.29) is 22.9 Å². The highest BCUT2D eigenvalue weighted by molar-refractivity contribution is 9.10. The summed E-state index contributed by atoms with van der Waals surface area (Å²) in [5.41, 5.74) is 2.43. The van der Waals surface area contributed by atoms with Gasteiger partial charge in [0.2, 0.25) is 5.91 Å². The number of amides is 3. The van der Waals surface area contributed by atoms with Crippen molar-refractivity contribution in [1.29, 1.82) is 0 Å². The Morgan fingerprint density at radius 2 is 1.59 bits per heavy atom. The number of aryl methyl sites for hydroxylation is 1. The summed E-state index contributed by atoms with van der Waals surface area (Å²) < 4.78 is 15.0. The van der Waals surface area contributed by atoms with Crippen molar-refractivity contribution in [3.05, 3.63) is 129 Å². The topological polar surface area (TPSA) is 87.3 Å². The van der Waals surface area contributed by atoms with Gasteiger partial charge in [0.05, 0.1) is 11.3 Å². The third kappa shape index (κ3) is 8.78. The molecule has 3 N–H and O–H groups in total. The van der Waals surface area contributed by atoms with Gasteiger partial charge in [0.15, 0.2) is 0 Å². The first-order chi connectivity index (χ1) is 19.7. The van der Waals surface area contributed by atoms with E-state index in [1.54, 1.807) is 60.7 Å². The summed E-state index contributed by atoms with van der Waals surface area (Å²) in [5.74, 6) is -2.04. The number of hydrogen-bond donors (Lipinski definition) is 3. The molecule has 0 aliphatic heterocycles. The number of nitrogens with one attached hydrogen (secondary N) is 3. The average molecular weight is 653 g/mol. The number of carbonyl (C=O) groups is 3. The van der Waals surface area contributed by atoms with Crippen LogP contribution in [0.15, 0.2) is 106 Å². The van der Waals surface area contributed by atoms with E-state index in [2.05, 4.69) is 31.9 Å². The molecule has 0 heterocycles. The van der Waals surface area contributed by atoms with Crippen molar-refractivity contribution in [3.63, 3.8) is 0 Å². The fourth-order valence-electron chi connectivity index (χ4n) is 3.57. The quantitative estimate of drug-likeness (QED) is 0.128. The van der Waals surface area contributed by atoms with Gasteiger partial charge in [-0.05, 0) is 84.8 Å². The zero-order valence-electron chi connectivity index (χ0n) is 21.7. The van der Waals surface area contributed by atoms with Crippen LogP contribution in [0.5, 0.6) is 0 Å². The minimum Gasteiger partial charge on any atom is -0.325 e. The van der Waals surface area contributed by atoms with Crippen molar-refractivity contribution < 1.29 is 18.8 Å². The second-order valence-corrected chi connectivity index (χ2v) is 11.2. The molecule has 4 rings (SSSR count). The van der Waals surface area contributed by atoms with E-state index >= 15 is 0 Å². The Labute approximate surface area is 254 Å². The van der Waals surface area contributed by atoms with Gasteiger partial charge in [-0.2, -0.15) is 0 Å². The van der Waals surface area contributed by atoms with Crippen LogP contribution in [-0.2, 0) is 9.59 Å². The Morgan fingerprint density at radius 3 is 2.27 bits per heavy atom. The summed E-state index contributed by atoms with van der Waals surface area (Å²) >= 11 is 10.8. The minimum atomic E-state index is -0.750. The molecular weight excluding hydrogens is 629 g/mol. The fourth-order valence-corrected chi connectivity index (χ4v) is 4.71. The van der Waals surface area contributed by atoms with Gasteiger partial charge in [-0.15, -0.1) is 11.8 Å². The van der Waals surface area contributed by atoms with E-state index < -0.39 is 17.6 Å². The molecule has 10 heteroatoms. The van der Waals surface area contributed by atoms with E-state index in [4.69, 9.17) is 11.6 Å². The molecule has 0 unspecified atom stereocenters. The molecule has 0 saturated carbocycles. The normalized spacial score (nSPS) is 11.1. The van der Waals surface area contributed by atoms with Gasteiger partial charge in [0, 0.05) is 25.8 Å². The maximum atomic E-state index is 14.2. The first-order valence-electron chi connectivity index (χ1n) is 12.3. The lowest BCUT2D eigenvalue weighted by atomic mass is 10.1. The molecule has 0 fully saturated rings. The summed E-state index contributed by atoms with van der Waals surface area (Å²) in [6.45, 7) is 1.89. The molecule has 4 aromatic carbocycles. The molecule has 0 aliphatic carbocycles. The number of rotatable bonds is 9. The number of hydrogen-bond acceptors (Lipinski definition) is 4. The SMILES string of the molecule is Cc1ccc(NC(=O)CSc2ccc(NC(=O)C(=Cc3ccc(Br)cc3)NC(=O)c3ccccc3F)cc2)cc1Cl. The number of halogens is 3. The molecular formula is C31H24BrClFN3O3S. The van der Waals surface area contributed by atoms with E-state index in [1.807, 2.05) is 13.0 Å². The van der Waals surface area contributed by atoms with Crippen molar-refractivity contribution in [3.8, 4) is 0 Å². The van der Waals surface area contributed by atoms with Gasteiger partial charge in [0.1, 0.15) is 11.5 Å². The van der Waals surface area contributed by atoms with Crippen LogP contribution in [0, 0.1) is 12.7 Å². The van der Waals surface area contributed by atoms with Crippen LogP contribution in [-0.4, -0.2) is 23.5 Å². The van der Waals surface area contributed by atoms with Crippen LogP contribution in [0.1, 0.15) is 21.5 Å². The Hall–Kier alpha value is -3.92. The van der Waals surface area contributed by atoms with Crippen LogP contribution in [0.3, 0.4) is 0 Å². The Bertz CT molecular complexity index is 1610. The van der Waals surface area contributed by atoms with Gasteiger partial charge < -0.3 is 16.0 Å². The molecule has 6 nitrogen and oxygen atoms in total. The Kier molecular flexibility index (Phi) is 10.3. The van der Waals surface area contributed by atoms with Gasteiger partial charge in [-0.1, -0.05) is 57.9 Å². The maximum absolute atomic E-state index is 14.2. The molecule has 41 heavy (non-hydrogen) atoms. The zero-order valence-corrected chi connectivity index (χ0v) is 24.9. The van der Waals surface area contributed by atoms with Crippen LogP contribution in [0.4, 0.5) is 15.8 Å². The largest absolute Gasteiger partial charge is 0.325 e. The maximum Gasteiger partial charge on any atom is 0.272 e. The van der Waals surface area contributed by atoms with Gasteiger partial charge in [0.25, 0.3) is 11.8 Å². The van der Waals surface area contributed by atoms with E-state index in [9.17, 15) is 18.8 Å². The molecule has 0 radical (unpaired) electrons. The summed E-state index contributed by atoms with van der Waals surface area (Å²) in [6, 6.07) is 24.9. The second-order valence-electron chi connectivity index (χ2n) is 8.82. The van der Waals surface area contributed by atoms with Crippen LogP contribution >= 0.6 is 39.3 Å². The molecule has 0 bridgehead atoms. The molecule has 0 saturated heterocycles. The lowest BCUT2D eigenvalue weighted by molar-refractivity contribution is -0.114. The van der Waals surface area contributed by atoms with Gasteiger partial charge >= 0.3 is 0 Å². The molecule has 208 valence electrons. The number of carbonyl (C=O) groups excluding carboxylic acids is 3. The van der Waals surface area contributed by atoms with Crippen molar-refractivity contribution in [2.75, 3.05) is 16.4 Å².